The fourth-order valence-electron chi connectivity index (χ4n) is 2.79. The van der Waals surface area contributed by atoms with E-state index in [9.17, 15) is 19.2 Å². The van der Waals surface area contributed by atoms with Crippen molar-refractivity contribution in [1.29, 1.82) is 5.41 Å². The lowest BCUT2D eigenvalue weighted by atomic mass is 10.1. The van der Waals surface area contributed by atoms with Crippen molar-refractivity contribution in [3.63, 3.8) is 0 Å². The summed E-state index contributed by atoms with van der Waals surface area (Å²) in [6.45, 7) is 0.714. The third kappa shape index (κ3) is 6.67. The van der Waals surface area contributed by atoms with Gasteiger partial charge in [-0.3, -0.25) is 19.8 Å². The molecule has 1 aliphatic rings. The Morgan fingerprint density at radius 2 is 2.08 bits per heavy atom. The topological polar surface area (TPSA) is 192 Å². The Morgan fingerprint density at radius 3 is 2.65 bits per heavy atom. The van der Waals surface area contributed by atoms with Gasteiger partial charge >= 0.3 is 5.97 Å². The normalized spacial score (nSPS) is 18.7. The fourth-order valence-corrected chi connectivity index (χ4v) is 2.79. The summed E-state index contributed by atoms with van der Waals surface area (Å²) in [4.78, 5) is 47.8. The second-order valence-corrected chi connectivity index (χ2v) is 6.13. The van der Waals surface area contributed by atoms with Crippen molar-refractivity contribution in [2.75, 3.05) is 13.1 Å². The number of aldehydes is 1. The first-order valence-corrected chi connectivity index (χ1v) is 8.37. The highest BCUT2D eigenvalue weighted by molar-refractivity contribution is 5.92. The fraction of sp³-hybridized carbons (Fsp3) is 0.667. The van der Waals surface area contributed by atoms with Gasteiger partial charge in [0.05, 0.1) is 18.5 Å². The maximum atomic E-state index is 12.4. The lowest BCUT2D eigenvalue weighted by Crippen LogP contribution is -2.53. The molecule has 0 saturated carbocycles. The highest BCUT2D eigenvalue weighted by Gasteiger charge is 2.37. The van der Waals surface area contributed by atoms with Crippen LogP contribution >= 0.6 is 0 Å². The van der Waals surface area contributed by atoms with Crippen molar-refractivity contribution >= 4 is 30.0 Å². The summed E-state index contributed by atoms with van der Waals surface area (Å²) < 4.78 is 0. The molecule has 2 amide bonds. The van der Waals surface area contributed by atoms with Crippen molar-refractivity contribution in [3.8, 4) is 0 Å². The molecule has 0 aromatic heterocycles. The van der Waals surface area contributed by atoms with E-state index < -0.39 is 42.3 Å². The SMILES string of the molecule is N=C(N)NCCC[C@@H](C=O)NC(=O)[C@@H]1CCCN1C(=O)[C@@H](N)CC(=O)O. The van der Waals surface area contributed by atoms with Crippen LogP contribution in [0.15, 0.2) is 0 Å². The van der Waals surface area contributed by atoms with Gasteiger partial charge in [-0.15, -0.1) is 0 Å². The van der Waals surface area contributed by atoms with Crippen LogP contribution in [0, 0.1) is 5.41 Å². The molecule has 1 fully saturated rings. The number of nitrogens with zero attached hydrogens (tertiary/aromatic N) is 1. The number of amides is 2. The second-order valence-electron chi connectivity index (χ2n) is 6.13. The van der Waals surface area contributed by atoms with E-state index in [0.717, 1.165) is 0 Å². The minimum atomic E-state index is -1.21. The van der Waals surface area contributed by atoms with Crippen molar-refractivity contribution < 1.29 is 24.3 Å². The van der Waals surface area contributed by atoms with Gasteiger partial charge in [0.25, 0.3) is 0 Å². The maximum Gasteiger partial charge on any atom is 0.305 e. The van der Waals surface area contributed by atoms with Crippen LogP contribution in [-0.4, -0.2) is 71.3 Å². The molecule has 3 atom stereocenters. The molecule has 0 radical (unpaired) electrons. The van der Waals surface area contributed by atoms with Crippen LogP contribution in [0.25, 0.3) is 0 Å². The zero-order valence-electron chi connectivity index (χ0n) is 14.4. The molecule has 1 heterocycles. The van der Waals surface area contributed by atoms with Crippen LogP contribution < -0.4 is 22.1 Å². The van der Waals surface area contributed by atoms with Crippen LogP contribution in [0.3, 0.4) is 0 Å². The molecule has 0 aliphatic carbocycles. The molecule has 11 heteroatoms. The van der Waals surface area contributed by atoms with Crippen LogP contribution in [-0.2, 0) is 19.2 Å². The van der Waals surface area contributed by atoms with Gasteiger partial charge in [-0.05, 0) is 25.7 Å². The summed E-state index contributed by atoms with van der Waals surface area (Å²) in [7, 11) is 0. The third-order valence-corrected chi connectivity index (χ3v) is 4.05. The highest BCUT2D eigenvalue weighted by atomic mass is 16.4. The summed E-state index contributed by atoms with van der Waals surface area (Å²) in [5.41, 5.74) is 10.8. The highest BCUT2D eigenvalue weighted by Crippen LogP contribution is 2.19. The van der Waals surface area contributed by atoms with E-state index in [2.05, 4.69) is 10.6 Å². The molecular weight excluding hydrogens is 344 g/mol. The van der Waals surface area contributed by atoms with Gasteiger partial charge in [0.1, 0.15) is 12.3 Å². The number of nitrogens with two attached hydrogens (primary N) is 2. The molecule has 146 valence electrons. The zero-order valence-corrected chi connectivity index (χ0v) is 14.4. The predicted molar refractivity (Wildman–Crippen MR) is 92.1 cm³/mol. The van der Waals surface area contributed by atoms with Gasteiger partial charge in [-0.1, -0.05) is 0 Å². The molecule has 26 heavy (non-hydrogen) atoms. The standard InChI is InChI=1S/C15H26N6O5/c16-10(7-12(23)24)14(26)21-6-2-4-11(21)13(25)20-9(8-22)3-1-5-19-15(17)18/h8-11H,1-7,16H2,(H,20,25)(H,23,24)(H4,17,18,19)/t9-,10-,11-/m0/s1. The van der Waals surface area contributed by atoms with Gasteiger partial charge in [-0.2, -0.15) is 0 Å². The minimum Gasteiger partial charge on any atom is -0.481 e. The number of aliphatic carboxylic acids is 1. The lowest BCUT2D eigenvalue weighted by molar-refractivity contribution is -0.144. The zero-order chi connectivity index (χ0) is 19.7. The first-order valence-electron chi connectivity index (χ1n) is 8.37. The molecule has 1 rings (SSSR count). The Hall–Kier alpha value is -2.69. The molecule has 1 saturated heterocycles. The number of hydrogen-bond acceptors (Lipinski definition) is 6. The number of carbonyl (C=O) groups excluding carboxylic acids is 3. The number of hydrogen-bond donors (Lipinski definition) is 6. The lowest BCUT2D eigenvalue weighted by Gasteiger charge is -2.27. The van der Waals surface area contributed by atoms with E-state index in [1.807, 2.05) is 0 Å². The summed E-state index contributed by atoms with van der Waals surface area (Å²) in [5, 5.41) is 21.0. The largest absolute Gasteiger partial charge is 0.481 e. The molecule has 0 unspecified atom stereocenters. The van der Waals surface area contributed by atoms with Crippen LogP contribution in [0.1, 0.15) is 32.1 Å². The molecule has 11 nitrogen and oxygen atoms in total. The van der Waals surface area contributed by atoms with Crippen LogP contribution in [0.4, 0.5) is 0 Å². The van der Waals surface area contributed by atoms with E-state index in [-0.39, 0.29) is 5.96 Å². The van der Waals surface area contributed by atoms with Crippen molar-refractivity contribution in [3.05, 3.63) is 0 Å². The molecule has 0 aromatic rings. The Morgan fingerprint density at radius 1 is 1.38 bits per heavy atom. The minimum absolute atomic E-state index is 0.172. The predicted octanol–water partition coefficient (Wildman–Crippen LogP) is -2.27. The summed E-state index contributed by atoms with van der Waals surface area (Å²) in [6.07, 6.45) is 1.99. The molecule has 0 spiro atoms. The molecular formula is C15H26N6O5. The summed E-state index contributed by atoms with van der Waals surface area (Å²) >= 11 is 0. The smallest absolute Gasteiger partial charge is 0.305 e. The Labute approximate surface area is 151 Å². The number of likely N-dealkylation sites (tertiary alicyclic amines) is 1. The first-order chi connectivity index (χ1) is 12.3. The molecule has 8 N–H and O–H groups in total. The van der Waals surface area contributed by atoms with Gasteiger partial charge < -0.3 is 36.9 Å². The van der Waals surface area contributed by atoms with Gasteiger partial charge in [-0.25, -0.2) is 0 Å². The molecule has 0 aromatic carbocycles. The van der Waals surface area contributed by atoms with Crippen LogP contribution in [0.2, 0.25) is 0 Å². The molecule has 1 aliphatic heterocycles. The number of rotatable bonds is 10. The van der Waals surface area contributed by atoms with E-state index in [0.29, 0.717) is 45.1 Å². The number of carboxylic acid groups (broad SMARTS) is 1. The van der Waals surface area contributed by atoms with Gasteiger partial charge in [0.2, 0.25) is 11.8 Å². The van der Waals surface area contributed by atoms with Crippen molar-refractivity contribution in [1.82, 2.24) is 15.5 Å². The Kier molecular flexibility index (Phi) is 8.49. The maximum absolute atomic E-state index is 12.4. The monoisotopic (exact) mass is 370 g/mol. The van der Waals surface area contributed by atoms with Gasteiger partial charge in [0.15, 0.2) is 5.96 Å². The van der Waals surface area contributed by atoms with Crippen molar-refractivity contribution in [2.45, 2.75) is 50.2 Å². The number of carbonyl (C=O) groups is 4. The molecule has 0 bridgehead atoms. The van der Waals surface area contributed by atoms with E-state index in [4.69, 9.17) is 22.0 Å². The summed E-state index contributed by atoms with van der Waals surface area (Å²) in [6, 6.07) is -2.69. The van der Waals surface area contributed by atoms with E-state index >= 15 is 0 Å². The Balaban J connectivity index is 2.57. The third-order valence-electron chi connectivity index (χ3n) is 4.05. The number of nitrogens with one attached hydrogen (secondary N) is 3. The average Bonchev–Trinajstić information content (AvgIpc) is 3.05. The quantitative estimate of drug-likeness (QED) is 0.107. The van der Waals surface area contributed by atoms with Crippen LogP contribution in [0.5, 0.6) is 0 Å². The van der Waals surface area contributed by atoms with Crippen molar-refractivity contribution in [2.24, 2.45) is 11.5 Å². The van der Waals surface area contributed by atoms with Gasteiger partial charge in [0, 0.05) is 13.1 Å². The van der Waals surface area contributed by atoms with E-state index in [1.54, 1.807) is 0 Å². The summed E-state index contributed by atoms with van der Waals surface area (Å²) in [5.74, 6) is -2.41. The second kappa shape index (κ2) is 10.3. The Bertz CT molecular complexity index is 555. The van der Waals surface area contributed by atoms with E-state index in [1.165, 1.54) is 4.90 Å². The average molecular weight is 370 g/mol. The number of carboxylic acids is 1. The number of guanidine groups is 1. The first kappa shape index (κ1) is 21.4.